The van der Waals surface area contributed by atoms with E-state index in [9.17, 15) is 0 Å². The van der Waals surface area contributed by atoms with Crippen molar-refractivity contribution in [2.45, 2.75) is 32.4 Å². The van der Waals surface area contributed by atoms with E-state index in [2.05, 4.69) is 47.5 Å². The Labute approximate surface area is 135 Å². The number of para-hydroxylation sites is 1. The fraction of sp³-hybridized carbons (Fsp3) is 0.412. The van der Waals surface area contributed by atoms with Crippen LogP contribution in [0.4, 0.5) is 5.69 Å². The average molecular weight is 321 g/mol. The van der Waals surface area contributed by atoms with Crippen LogP contribution in [-0.4, -0.2) is 13.1 Å². The number of benzene rings is 1. The first-order valence-electron chi connectivity index (χ1n) is 7.55. The zero-order valence-electron chi connectivity index (χ0n) is 12.3. The highest BCUT2D eigenvalue weighted by molar-refractivity contribution is 7.16. The number of nitrogens with one attached hydrogen (secondary N) is 1. The molecular weight excluding hydrogens is 300 g/mol. The normalized spacial score (nSPS) is 16.4. The lowest BCUT2D eigenvalue weighted by molar-refractivity contribution is 0.582. The van der Waals surface area contributed by atoms with Crippen molar-refractivity contribution in [3.63, 3.8) is 0 Å². The summed E-state index contributed by atoms with van der Waals surface area (Å²) in [5.74, 6) is 0. The standard InChI is InChI=1S/C17H21ClN2S/c1-13(16-8-9-17(18)21-16)19-12-14-6-2-3-7-15(14)20-10-4-5-11-20/h2-3,6-9,13,19H,4-5,10-12H2,1H3. The van der Waals surface area contributed by atoms with E-state index < -0.39 is 0 Å². The second-order valence-electron chi connectivity index (χ2n) is 5.57. The predicted octanol–water partition coefficient (Wildman–Crippen LogP) is 4.85. The Hall–Kier alpha value is -1.03. The minimum Gasteiger partial charge on any atom is -0.371 e. The van der Waals surface area contributed by atoms with E-state index in [0.717, 1.165) is 10.9 Å². The van der Waals surface area contributed by atoms with Gasteiger partial charge in [0.1, 0.15) is 0 Å². The van der Waals surface area contributed by atoms with E-state index in [-0.39, 0.29) is 0 Å². The monoisotopic (exact) mass is 320 g/mol. The maximum Gasteiger partial charge on any atom is 0.0931 e. The largest absolute Gasteiger partial charge is 0.371 e. The van der Waals surface area contributed by atoms with Gasteiger partial charge in [0, 0.05) is 36.2 Å². The van der Waals surface area contributed by atoms with Crippen molar-refractivity contribution in [2.24, 2.45) is 0 Å². The van der Waals surface area contributed by atoms with Crippen LogP contribution in [0.3, 0.4) is 0 Å². The zero-order valence-corrected chi connectivity index (χ0v) is 13.9. The average Bonchev–Trinajstić information content (AvgIpc) is 3.16. The van der Waals surface area contributed by atoms with Gasteiger partial charge in [-0.05, 0) is 43.5 Å². The molecule has 4 heteroatoms. The highest BCUT2D eigenvalue weighted by atomic mass is 35.5. The molecule has 2 heterocycles. The van der Waals surface area contributed by atoms with Crippen molar-refractivity contribution in [1.82, 2.24) is 5.32 Å². The summed E-state index contributed by atoms with van der Waals surface area (Å²) in [5, 5.41) is 3.62. The lowest BCUT2D eigenvalue weighted by atomic mass is 10.1. The van der Waals surface area contributed by atoms with Crippen LogP contribution in [-0.2, 0) is 6.54 Å². The van der Waals surface area contributed by atoms with Crippen LogP contribution >= 0.6 is 22.9 Å². The van der Waals surface area contributed by atoms with Gasteiger partial charge in [0.25, 0.3) is 0 Å². The van der Waals surface area contributed by atoms with E-state index >= 15 is 0 Å². The van der Waals surface area contributed by atoms with Gasteiger partial charge in [0.05, 0.1) is 4.34 Å². The topological polar surface area (TPSA) is 15.3 Å². The minimum atomic E-state index is 0.328. The number of thiophene rings is 1. The summed E-state index contributed by atoms with van der Waals surface area (Å²) in [5.41, 5.74) is 2.77. The molecule has 1 saturated heterocycles. The number of anilines is 1. The van der Waals surface area contributed by atoms with E-state index in [1.807, 2.05) is 6.07 Å². The lowest BCUT2D eigenvalue weighted by Crippen LogP contribution is -2.22. The molecule has 2 nitrogen and oxygen atoms in total. The Morgan fingerprint density at radius 1 is 1.19 bits per heavy atom. The summed E-state index contributed by atoms with van der Waals surface area (Å²) in [6, 6.07) is 13.1. The molecule has 3 rings (SSSR count). The first-order valence-corrected chi connectivity index (χ1v) is 8.75. The highest BCUT2D eigenvalue weighted by Gasteiger charge is 2.16. The molecule has 1 aliphatic heterocycles. The predicted molar refractivity (Wildman–Crippen MR) is 92.5 cm³/mol. The third kappa shape index (κ3) is 3.60. The van der Waals surface area contributed by atoms with Gasteiger partial charge >= 0.3 is 0 Å². The Morgan fingerprint density at radius 2 is 1.95 bits per heavy atom. The van der Waals surface area contributed by atoms with Crippen molar-refractivity contribution in [2.75, 3.05) is 18.0 Å². The SMILES string of the molecule is CC(NCc1ccccc1N1CCCC1)c1ccc(Cl)s1. The number of nitrogens with zero attached hydrogens (tertiary/aromatic N) is 1. The van der Waals surface area contributed by atoms with Gasteiger partial charge in [0.2, 0.25) is 0 Å². The molecule has 2 aromatic rings. The van der Waals surface area contributed by atoms with E-state index in [1.54, 1.807) is 11.3 Å². The van der Waals surface area contributed by atoms with Crippen LogP contribution in [0.2, 0.25) is 4.34 Å². The summed E-state index contributed by atoms with van der Waals surface area (Å²) >= 11 is 7.67. The number of halogens is 1. The Balaban J connectivity index is 1.67. The van der Waals surface area contributed by atoms with Gasteiger partial charge in [0.15, 0.2) is 0 Å². The maximum absolute atomic E-state index is 6.02. The third-order valence-electron chi connectivity index (χ3n) is 4.06. The molecule has 0 amide bonds. The lowest BCUT2D eigenvalue weighted by Gasteiger charge is -2.22. The summed E-state index contributed by atoms with van der Waals surface area (Å²) in [7, 11) is 0. The molecule has 0 spiro atoms. The Morgan fingerprint density at radius 3 is 2.67 bits per heavy atom. The minimum absolute atomic E-state index is 0.328. The van der Waals surface area contributed by atoms with Crippen molar-refractivity contribution in [1.29, 1.82) is 0 Å². The first-order chi connectivity index (χ1) is 10.2. The third-order valence-corrected chi connectivity index (χ3v) is 5.47. The van der Waals surface area contributed by atoms with E-state index in [0.29, 0.717) is 6.04 Å². The van der Waals surface area contributed by atoms with Crippen LogP contribution < -0.4 is 10.2 Å². The molecule has 0 radical (unpaired) electrons. The van der Waals surface area contributed by atoms with E-state index in [1.165, 1.54) is 42.1 Å². The van der Waals surface area contributed by atoms with Gasteiger partial charge in [-0.25, -0.2) is 0 Å². The highest BCUT2D eigenvalue weighted by Crippen LogP contribution is 2.28. The molecule has 1 aromatic heterocycles. The molecule has 0 saturated carbocycles. The van der Waals surface area contributed by atoms with Crippen LogP contribution in [0, 0.1) is 0 Å². The molecule has 21 heavy (non-hydrogen) atoms. The molecule has 1 aliphatic rings. The van der Waals surface area contributed by atoms with Crippen LogP contribution in [0.25, 0.3) is 0 Å². The van der Waals surface area contributed by atoms with Gasteiger partial charge in [-0.15, -0.1) is 11.3 Å². The van der Waals surface area contributed by atoms with Crippen LogP contribution in [0.5, 0.6) is 0 Å². The molecular formula is C17H21ClN2S. The summed E-state index contributed by atoms with van der Waals surface area (Å²) < 4.78 is 0.858. The first kappa shape index (κ1) is 14.9. The molecule has 112 valence electrons. The quantitative estimate of drug-likeness (QED) is 0.847. The fourth-order valence-electron chi connectivity index (χ4n) is 2.85. The van der Waals surface area contributed by atoms with Crippen molar-refractivity contribution < 1.29 is 0 Å². The summed E-state index contributed by atoms with van der Waals surface area (Å²) in [6.07, 6.45) is 2.62. The fourth-order valence-corrected chi connectivity index (χ4v) is 3.94. The van der Waals surface area contributed by atoms with Gasteiger partial charge < -0.3 is 10.2 Å². The van der Waals surface area contributed by atoms with Crippen LogP contribution in [0.1, 0.15) is 36.2 Å². The van der Waals surface area contributed by atoms with Gasteiger partial charge in [-0.2, -0.15) is 0 Å². The summed E-state index contributed by atoms with van der Waals surface area (Å²) in [4.78, 5) is 3.79. The van der Waals surface area contributed by atoms with Crippen LogP contribution in [0.15, 0.2) is 36.4 Å². The molecule has 1 unspecified atom stereocenters. The van der Waals surface area contributed by atoms with Crippen molar-refractivity contribution in [3.05, 3.63) is 51.2 Å². The zero-order chi connectivity index (χ0) is 14.7. The second-order valence-corrected chi connectivity index (χ2v) is 7.31. The number of hydrogen-bond donors (Lipinski definition) is 1. The Kier molecular flexibility index (Phi) is 4.84. The molecule has 0 bridgehead atoms. The van der Waals surface area contributed by atoms with Crippen molar-refractivity contribution in [3.8, 4) is 0 Å². The summed E-state index contributed by atoms with van der Waals surface area (Å²) in [6.45, 7) is 5.46. The molecule has 1 atom stereocenters. The second kappa shape index (κ2) is 6.82. The molecule has 0 aliphatic carbocycles. The van der Waals surface area contributed by atoms with Crippen molar-refractivity contribution >= 4 is 28.6 Å². The van der Waals surface area contributed by atoms with Gasteiger partial charge in [-0.1, -0.05) is 29.8 Å². The molecule has 1 aromatic carbocycles. The van der Waals surface area contributed by atoms with E-state index in [4.69, 9.17) is 11.6 Å². The van der Waals surface area contributed by atoms with Gasteiger partial charge in [-0.3, -0.25) is 0 Å². The molecule has 1 fully saturated rings. The number of hydrogen-bond acceptors (Lipinski definition) is 3. The maximum atomic E-state index is 6.02. The number of rotatable bonds is 5. The smallest absolute Gasteiger partial charge is 0.0931 e. The molecule has 1 N–H and O–H groups in total. The Bertz CT molecular complexity index is 590.